The van der Waals surface area contributed by atoms with E-state index >= 15 is 0 Å². The third kappa shape index (κ3) is 4.49. The highest BCUT2D eigenvalue weighted by atomic mass is 19.1. The van der Waals surface area contributed by atoms with Crippen molar-refractivity contribution >= 4 is 17.6 Å². The van der Waals surface area contributed by atoms with Crippen LogP contribution in [0.25, 0.3) is 0 Å². The molecule has 0 aliphatic carbocycles. The molecule has 2 aromatic rings. The summed E-state index contributed by atoms with van der Waals surface area (Å²) in [5.74, 6) is -0.693. The number of benzene rings is 1. The highest BCUT2D eigenvalue weighted by Gasteiger charge is 2.28. The van der Waals surface area contributed by atoms with Crippen LogP contribution in [0.5, 0.6) is 5.75 Å². The van der Waals surface area contributed by atoms with Crippen LogP contribution >= 0.6 is 0 Å². The van der Waals surface area contributed by atoms with Crippen LogP contribution < -0.4 is 15.0 Å². The van der Waals surface area contributed by atoms with Crippen molar-refractivity contribution in [1.82, 2.24) is 9.97 Å². The van der Waals surface area contributed by atoms with Gasteiger partial charge in [-0.25, -0.2) is 9.97 Å². The predicted octanol–water partition coefficient (Wildman–Crippen LogP) is 3.28. The Morgan fingerprint density at radius 1 is 1.39 bits per heavy atom. The zero-order valence-electron chi connectivity index (χ0n) is 16.1. The second kappa shape index (κ2) is 8.86. The lowest BCUT2D eigenvalue weighted by Crippen LogP contribution is -2.26. The molecule has 0 bridgehead atoms. The SMILES string of the molecule is CCCNc1ncnc(N2CC[C@@H](Oc3ccc(C(C)C(=O)O)cc3)C2)c1F. The van der Waals surface area contributed by atoms with Gasteiger partial charge in [-0.05, 0) is 31.0 Å². The molecule has 7 nitrogen and oxygen atoms in total. The number of carbonyl (C=O) groups is 1. The minimum absolute atomic E-state index is 0.0934. The van der Waals surface area contributed by atoms with Crippen LogP contribution in [0, 0.1) is 5.82 Å². The number of hydrogen-bond acceptors (Lipinski definition) is 6. The number of rotatable bonds is 8. The van der Waals surface area contributed by atoms with Crippen molar-refractivity contribution in [3.63, 3.8) is 0 Å². The monoisotopic (exact) mass is 388 g/mol. The van der Waals surface area contributed by atoms with E-state index in [1.807, 2.05) is 11.8 Å². The maximum Gasteiger partial charge on any atom is 0.310 e. The Morgan fingerprint density at radius 2 is 2.14 bits per heavy atom. The molecule has 0 radical (unpaired) electrons. The molecule has 1 saturated heterocycles. The van der Waals surface area contributed by atoms with Gasteiger partial charge >= 0.3 is 5.97 Å². The lowest BCUT2D eigenvalue weighted by molar-refractivity contribution is -0.138. The van der Waals surface area contributed by atoms with Crippen molar-refractivity contribution in [1.29, 1.82) is 0 Å². The third-order valence-corrected chi connectivity index (χ3v) is 4.81. The summed E-state index contributed by atoms with van der Waals surface area (Å²) in [6, 6.07) is 7.07. The van der Waals surface area contributed by atoms with Gasteiger partial charge in [-0.2, -0.15) is 4.39 Å². The van der Waals surface area contributed by atoms with Crippen molar-refractivity contribution in [3.8, 4) is 5.75 Å². The number of anilines is 2. The molecule has 1 aromatic heterocycles. The van der Waals surface area contributed by atoms with E-state index in [2.05, 4.69) is 15.3 Å². The number of nitrogens with zero attached hydrogens (tertiary/aromatic N) is 3. The van der Waals surface area contributed by atoms with E-state index in [0.29, 0.717) is 25.4 Å². The Balaban J connectivity index is 1.62. The molecule has 3 rings (SSSR count). The summed E-state index contributed by atoms with van der Waals surface area (Å²) in [5.41, 5.74) is 0.725. The molecule has 1 unspecified atom stereocenters. The summed E-state index contributed by atoms with van der Waals surface area (Å²) < 4.78 is 20.7. The number of halogens is 1. The molecular formula is C20H25FN4O3. The Hall–Kier alpha value is -2.90. The average molecular weight is 388 g/mol. The number of nitrogens with one attached hydrogen (secondary N) is 1. The number of hydrogen-bond donors (Lipinski definition) is 2. The Kier molecular flexibility index (Phi) is 6.28. The summed E-state index contributed by atoms with van der Waals surface area (Å²) in [6.07, 6.45) is 2.90. The first-order valence-corrected chi connectivity index (χ1v) is 9.48. The Bertz CT molecular complexity index is 816. The lowest BCUT2D eigenvalue weighted by atomic mass is 10.0. The predicted molar refractivity (Wildman–Crippen MR) is 105 cm³/mol. The Morgan fingerprint density at radius 3 is 2.82 bits per heavy atom. The van der Waals surface area contributed by atoms with E-state index in [9.17, 15) is 9.18 Å². The van der Waals surface area contributed by atoms with Crippen molar-refractivity contribution in [2.24, 2.45) is 0 Å². The van der Waals surface area contributed by atoms with Crippen molar-refractivity contribution in [2.45, 2.75) is 38.7 Å². The van der Waals surface area contributed by atoms with E-state index in [4.69, 9.17) is 9.84 Å². The van der Waals surface area contributed by atoms with E-state index < -0.39 is 17.7 Å². The van der Waals surface area contributed by atoms with Gasteiger partial charge in [0.05, 0.1) is 12.5 Å². The maximum absolute atomic E-state index is 14.7. The minimum atomic E-state index is -0.861. The molecule has 1 aliphatic heterocycles. The molecule has 0 amide bonds. The van der Waals surface area contributed by atoms with Gasteiger partial charge in [-0.1, -0.05) is 19.1 Å². The summed E-state index contributed by atoms with van der Waals surface area (Å²) in [7, 11) is 0. The van der Waals surface area contributed by atoms with Crippen LogP contribution in [-0.4, -0.2) is 46.8 Å². The van der Waals surface area contributed by atoms with Gasteiger partial charge < -0.3 is 20.1 Å². The fourth-order valence-corrected chi connectivity index (χ4v) is 3.13. The second-order valence-electron chi connectivity index (χ2n) is 6.89. The van der Waals surface area contributed by atoms with Gasteiger partial charge in [0.1, 0.15) is 18.2 Å². The maximum atomic E-state index is 14.7. The number of ether oxygens (including phenoxy) is 1. The molecule has 8 heteroatoms. The van der Waals surface area contributed by atoms with Gasteiger partial charge in [0, 0.05) is 19.5 Å². The van der Waals surface area contributed by atoms with Gasteiger partial charge in [-0.3, -0.25) is 4.79 Å². The fourth-order valence-electron chi connectivity index (χ4n) is 3.13. The average Bonchev–Trinajstić information content (AvgIpc) is 3.15. The van der Waals surface area contributed by atoms with Crippen molar-refractivity contribution in [2.75, 3.05) is 29.9 Å². The number of carboxylic acids is 1. The van der Waals surface area contributed by atoms with Crippen LogP contribution in [0.3, 0.4) is 0 Å². The highest BCUT2D eigenvalue weighted by molar-refractivity contribution is 5.75. The molecule has 2 atom stereocenters. The van der Waals surface area contributed by atoms with Crippen LogP contribution in [0.1, 0.15) is 38.2 Å². The van der Waals surface area contributed by atoms with Crippen LogP contribution in [-0.2, 0) is 4.79 Å². The molecule has 1 aromatic carbocycles. The summed E-state index contributed by atoms with van der Waals surface area (Å²) >= 11 is 0. The summed E-state index contributed by atoms with van der Waals surface area (Å²) in [5, 5.41) is 12.1. The minimum Gasteiger partial charge on any atom is -0.489 e. The normalized spacial score (nSPS) is 17.4. The second-order valence-corrected chi connectivity index (χ2v) is 6.89. The molecule has 28 heavy (non-hydrogen) atoms. The Labute approximate surface area is 163 Å². The highest BCUT2D eigenvalue weighted by Crippen LogP contribution is 2.27. The smallest absolute Gasteiger partial charge is 0.310 e. The van der Waals surface area contributed by atoms with Crippen molar-refractivity contribution in [3.05, 3.63) is 42.0 Å². The van der Waals surface area contributed by atoms with E-state index in [-0.39, 0.29) is 17.7 Å². The summed E-state index contributed by atoms with van der Waals surface area (Å²) in [6.45, 7) is 5.46. The van der Waals surface area contributed by atoms with Gasteiger partial charge in [-0.15, -0.1) is 0 Å². The topological polar surface area (TPSA) is 87.6 Å². The molecular weight excluding hydrogens is 363 g/mol. The molecule has 2 heterocycles. The molecule has 2 N–H and O–H groups in total. The first kappa shape index (κ1) is 19.9. The zero-order chi connectivity index (χ0) is 20.1. The van der Waals surface area contributed by atoms with E-state index in [0.717, 1.165) is 18.4 Å². The van der Waals surface area contributed by atoms with Gasteiger partial charge in [0.25, 0.3) is 0 Å². The van der Waals surface area contributed by atoms with Crippen LogP contribution in [0.15, 0.2) is 30.6 Å². The first-order valence-electron chi connectivity index (χ1n) is 9.48. The number of carboxylic acid groups (broad SMARTS) is 1. The van der Waals surface area contributed by atoms with Crippen LogP contribution in [0.4, 0.5) is 16.0 Å². The zero-order valence-corrected chi connectivity index (χ0v) is 16.1. The van der Waals surface area contributed by atoms with Crippen LogP contribution in [0.2, 0.25) is 0 Å². The standard InChI is InChI=1S/C20H25FN4O3/c1-3-9-22-18-17(21)19(24-12-23-18)25-10-8-16(11-25)28-15-6-4-14(5-7-15)13(2)20(26)27/h4-7,12-13,16H,3,8-11H2,1-2H3,(H,26,27)(H,22,23,24)/t13?,16-/m1/s1. The van der Waals surface area contributed by atoms with E-state index in [1.54, 1.807) is 31.2 Å². The fraction of sp³-hybridized carbons (Fsp3) is 0.450. The van der Waals surface area contributed by atoms with Gasteiger partial charge in [0.2, 0.25) is 5.82 Å². The lowest BCUT2D eigenvalue weighted by Gasteiger charge is -2.19. The molecule has 1 aliphatic rings. The largest absolute Gasteiger partial charge is 0.489 e. The number of aliphatic carboxylic acids is 1. The molecule has 0 spiro atoms. The third-order valence-electron chi connectivity index (χ3n) is 4.81. The molecule has 0 saturated carbocycles. The molecule has 1 fully saturated rings. The quantitative estimate of drug-likeness (QED) is 0.717. The van der Waals surface area contributed by atoms with Gasteiger partial charge in [0.15, 0.2) is 11.6 Å². The first-order chi connectivity index (χ1) is 13.5. The van der Waals surface area contributed by atoms with Crippen molar-refractivity contribution < 1.29 is 19.0 Å². The molecule has 150 valence electrons. The van der Waals surface area contributed by atoms with E-state index in [1.165, 1.54) is 6.33 Å². The summed E-state index contributed by atoms with van der Waals surface area (Å²) in [4.78, 5) is 21.0. The number of aromatic nitrogens is 2.